The predicted molar refractivity (Wildman–Crippen MR) is 97.6 cm³/mol. The number of anilines is 1. The molecule has 1 aliphatic rings. The number of nitrogens with zero attached hydrogens (tertiary/aromatic N) is 5. The molecule has 4 rings (SSSR count). The number of rotatable bonds is 3. The number of halogens is 3. The van der Waals surface area contributed by atoms with Crippen LogP contribution in [0.4, 0.5) is 19.0 Å². The highest BCUT2D eigenvalue weighted by atomic mass is 19.4. The average Bonchev–Trinajstić information content (AvgIpc) is 3.27. The Morgan fingerprint density at radius 1 is 1.21 bits per heavy atom. The van der Waals surface area contributed by atoms with Gasteiger partial charge in [0.05, 0.1) is 11.7 Å². The van der Waals surface area contributed by atoms with Crippen molar-refractivity contribution >= 4 is 5.82 Å². The van der Waals surface area contributed by atoms with E-state index in [1.54, 1.807) is 18.3 Å². The summed E-state index contributed by atoms with van der Waals surface area (Å²) in [4.78, 5) is 14.1. The molecule has 4 heterocycles. The third-order valence-electron chi connectivity index (χ3n) is 4.99. The molecule has 0 spiro atoms. The van der Waals surface area contributed by atoms with Gasteiger partial charge in [-0.25, -0.2) is 9.97 Å². The van der Waals surface area contributed by atoms with Gasteiger partial charge >= 0.3 is 6.18 Å². The van der Waals surface area contributed by atoms with Crippen molar-refractivity contribution in [3.63, 3.8) is 0 Å². The molecule has 6 nitrogen and oxygen atoms in total. The fraction of sp³-hybridized carbons (Fsp3) is 0.368. The molecule has 3 aromatic heterocycles. The van der Waals surface area contributed by atoms with Gasteiger partial charge in [0, 0.05) is 41.8 Å². The van der Waals surface area contributed by atoms with Crippen LogP contribution in [0.1, 0.15) is 41.5 Å². The Balaban J connectivity index is 1.82. The largest absolute Gasteiger partial charge is 0.433 e. The van der Waals surface area contributed by atoms with Crippen LogP contribution in [0.25, 0.3) is 11.4 Å². The Kier molecular flexibility index (Phi) is 4.52. The number of H-pyrrole nitrogens is 1. The Labute approximate surface area is 159 Å². The second kappa shape index (κ2) is 6.88. The lowest BCUT2D eigenvalue weighted by atomic mass is 10.0. The van der Waals surface area contributed by atoms with Gasteiger partial charge in [0.1, 0.15) is 5.82 Å². The van der Waals surface area contributed by atoms with E-state index in [1.165, 1.54) is 6.20 Å². The zero-order chi connectivity index (χ0) is 19.9. The second-order valence-electron chi connectivity index (χ2n) is 6.87. The van der Waals surface area contributed by atoms with Crippen LogP contribution in [0.15, 0.2) is 30.6 Å². The number of alkyl halides is 3. The lowest BCUT2D eigenvalue weighted by Gasteiger charge is -2.27. The molecule has 1 N–H and O–H groups in total. The van der Waals surface area contributed by atoms with Gasteiger partial charge in [-0.2, -0.15) is 18.3 Å². The number of pyridine rings is 1. The predicted octanol–water partition coefficient (Wildman–Crippen LogP) is 4.24. The van der Waals surface area contributed by atoms with E-state index in [9.17, 15) is 13.2 Å². The average molecular weight is 388 g/mol. The van der Waals surface area contributed by atoms with Crippen molar-refractivity contribution in [2.75, 3.05) is 11.4 Å². The van der Waals surface area contributed by atoms with Gasteiger partial charge in [-0.1, -0.05) is 0 Å². The maximum atomic E-state index is 13.5. The van der Waals surface area contributed by atoms with Crippen molar-refractivity contribution < 1.29 is 13.2 Å². The molecule has 1 fully saturated rings. The summed E-state index contributed by atoms with van der Waals surface area (Å²) in [7, 11) is 0. The molecule has 1 atom stereocenters. The minimum atomic E-state index is -4.56. The highest BCUT2D eigenvalue weighted by Gasteiger charge is 2.36. The number of aryl methyl sites for hydroxylation is 2. The summed E-state index contributed by atoms with van der Waals surface area (Å²) in [6.07, 6.45) is 0.145. The first-order valence-corrected chi connectivity index (χ1v) is 8.99. The molecule has 1 saturated heterocycles. The lowest BCUT2D eigenvalue weighted by molar-refractivity contribution is -0.141. The molecule has 0 radical (unpaired) electrons. The first kappa shape index (κ1) is 18.4. The molecule has 0 aliphatic carbocycles. The fourth-order valence-electron chi connectivity index (χ4n) is 3.74. The molecule has 9 heteroatoms. The second-order valence-corrected chi connectivity index (χ2v) is 6.87. The summed E-state index contributed by atoms with van der Waals surface area (Å²) in [5.74, 6) is 0.285. The minimum absolute atomic E-state index is 0.0178. The van der Waals surface area contributed by atoms with Crippen LogP contribution in [-0.2, 0) is 6.18 Å². The SMILES string of the molecule is Cc1n[nH]c(C)c1C1CCCN1c1cc(C(F)(F)F)nc(-c2cccnc2)n1. The molecule has 3 aromatic rings. The van der Waals surface area contributed by atoms with Crippen LogP contribution in [0, 0.1) is 13.8 Å². The van der Waals surface area contributed by atoms with Crippen molar-refractivity contribution in [2.24, 2.45) is 0 Å². The van der Waals surface area contributed by atoms with E-state index in [0.717, 1.165) is 35.9 Å². The standard InChI is InChI=1S/C19H19F3N6/c1-11-17(12(2)27-26-11)14-6-4-8-28(14)16-9-15(19(20,21)22)24-18(25-16)13-5-3-7-23-10-13/h3,5,7,9-10,14H,4,6,8H2,1-2H3,(H,26,27). The molecular formula is C19H19F3N6. The van der Waals surface area contributed by atoms with E-state index in [1.807, 2.05) is 18.7 Å². The van der Waals surface area contributed by atoms with Crippen LogP contribution >= 0.6 is 0 Å². The summed E-state index contributed by atoms with van der Waals surface area (Å²) in [5, 5.41) is 7.20. The maximum absolute atomic E-state index is 13.5. The minimum Gasteiger partial charge on any atom is -0.349 e. The fourth-order valence-corrected chi connectivity index (χ4v) is 3.74. The van der Waals surface area contributed by atoms with Crippen molar-refractivity contribution in [1.82, 2.24) is 25.1 Å². The Morgan fingerprint density at radius 2 is 2.04 bits per heavy atom. The van der Waals surface area contributed by atoms with Crippen molar-refractivity contribution in [1.29, 1.82) is 0 Å². The highest BCUT2D eigenvalue weighted by molar-refractivity contribution is 5.58. The zero-order valence-corrected chi connectivity index (χ0v) is 15.5. The van der Waals surface area contributed by atoms with Crippen LogP contribution in [-0.4, -0.2) is 31.7 Å². The molecular weight excluding hydrogens is 369 g/mol. The Morgan fingerprint density at radius 3 is 2.68 bits per heavy atom. The smallest absolute Gasteiger partial charge is 0.349 e. The number of nitrogens with one attached hydrogen (secondary N) is 1. The van der Waals surface area contributed by atoms with E-state index in [4.69, 9.17) is 0 Å². The first-order chi connectivity index (χ1) is 13.3. The van der Waals surface area contributed by atoms with Crippen molar-refractivity contribution in [3.8, 4) is 11.4 Å². The molecule has 0 bridgehead atoms. The normalized spacial score (nSPS) is 17.3. The molecule has 1 unspecified atom stereocenters. The highest BCUT2D eigenvalue weighted by Crippen LogP contribution is 2.39. The zero-order valence-electron chi connectivity index (χ0n) is 15.5. The summed E-state index contributed by atoms with van der Waals surface area (Å²) in [5.41, 5.74) is 2.29. The van der Waals surface area contributed by atoms with Gasteiger partial charge in [0.25, 0.3) is 0 Å². The van der Waals surface area contributed by atoms with Crippen molar-refractivity contribution in [2.45, 2.75) is 38.9 Å². The van der Waals surface area contributed by atoms with Gasteiger partial charge in [0.15, 0.2) is 11.5 Å². The summed E-state index contributed by atoms with van der Waals surface area (Å²) in [6.45, 7) is 4.45. The molecule has 1 aliphatic heterocycles. The Bertz CT molecular complexity index is 964. The monoisotopic (exact) mass is 388 g/mol. The topological polar surface area (TPSA) is 70.6 Å². The maximum Gasteiger partial charge on any atom is 0.433 e. The lowest BCUT2D eigenvalue weighted by Crippen LogP contribution is -2.25. The van der Waals surface area contributed by atoms with E-state index in [2.05, 4.69) is 25.1 Å². The van der Waals surface area contributed by atoms with Gasteiger partial charge in [-0.05, 0) is 38.8 Å². The van der Waals surface area contributed by atoms with E-state index in [0.29, 0.717) is 12.1 Å². The van der Waals surface area contributed by atoms with E-state index in [-0.39, 0.29) is 17.7 Å². The summed E-state index contributed by atoms with van der Waals surface area (Å²) < 4.78 is 40.5. The number of aromatic amines is 1. The number of hydrogen-bond donors (Lipinski definition) is 1. The Hall–Kier alpha value is -2.97. The molecule has 28 heavy (non-hydrogen) atoms. The van der Waals surface area contributed by atoms with E-state index >= 15 is 0 Å². The number of hydrogen-bond acceptors (Lipinski definition) is 5. The third-order valence-corrected chi connectivity index (χ3v) is 4.99. The van der Waals surface area contributed by atoms with Gasteiger partial charge in [-0.3, -0.25) is 10.1 Å². The summed E-state index contributed by atoms with van der Waals surface area (Å²) >= 11 is 0. The third kappa shape index (κ3) is 3.32. The van der Waals surface area contributed by atoms with Crippen molar-refractivity contribution in [3.05, 3.63) is 53.2 Å². The van der Waals surface area contributed by atoms with Gasteiger partial charge in [0.2, 0.25) is 0 Å². The van der Waals surface area contributed by atoms with Crippen LogP contribution in [0.3, 0.4) is 0 Å². The molecule has 0 aromatic carbocycles. The number of aromatic nitrogens is 5. The first-order valence-electron chi connectivity index (χ1n) is 8.99. The van der Waals surface area contributed by atoms with Crippen LogP contribution < -0.4 is 4.90 Å². The quantitative estimate of drug-likeness (QED) is 0.727. The van der Waals surface area contributed by atoms with Crippen LogP contribution in [0.5, 0.6) is 0 Å². The molecule has 0 saturated carbocycles. The van der Waals surface area contributed by atoms with Gasteiger partial charge in [-0.15, -0.1) is 0 Å². The summed E-state index contributed by atoms with van der Waals surface area (Å²) in [6, 6.07) is 4.26. The molecule has 146 valence electrons. The van der Waals surface area contributed by atoms with Crippen LogP contribution in [0.2, 0.25) is 0 Å². The molecule has 0 amide bonds. The van der Waals surface area contributed by atoms with E-state index < -0.39 is 11.9 Å². The van der Waals surface area contributed by atoms with Gasteiger partial charge < -0.3 is 4.90 Å².